The quantitative estimate of drug-likeness (QED) is 0.687. The van der Waals surface area contributed by atoms with E-state index >= 15 is 0 Å². The van der Waals surface area contributed by atoms with Crippen molar-refractivity contribution in [1.29, 1.82) is 0 Å². The summed E-state index contributed by atoms with van der Waals surface area (Å²) in [5.41, 5.74) is 5.33. The molecule has 0 amide bonds. The molecule has 2 aromatic carbocycles. The highest BCUT2D eigenvalue weighted by molar-refractivity contribution is 7.92. The van der Waals surface area contributed by atoms with E-state index in [2.05, 4.69) is 10.9 Å². The third kappa shape index (κ3) is 3.30. The number of nitrogens with zero attached hydrogens (tertiary/aromatic N) is 1. The molecule has 2 fully saturated rings. The number of alkyl halides is 3. The molecule has 31 heavy (non-hydrogen) atoms. The number of fused-ring (bicyclic) bond motifs is 3. The van der Waals surface area contributed by atoms with Crippen molar-refractivity contribution >= 4 is 15.7 Å². The number of benzene rings is 2. The molecule has 1 aliphatic carbocycles. The van der Waals surface area contributed by atoms with E-state index in [0.29, 0.717) is 24.2 Å². The van der Waals surface area contributed by atoms with Gasteiger partial charge in [0, 0.05) is 18.5 Å². The van der Waals surface area contributed by atoms with E-state index in [1.807, 2.05) is 0 Å². The molecule has 0 bridgehead atoms. The predicted molar refractivity (Wildman–Crippen MR) is 101 cm³/mol. The van der Waals surface area contributed by atoms with Crippen molar-refractivity contribution in [1.82, 2.24) is 10.9 Å². The molecule has 1 saturated carbocycles. The van der Waals surface area contributed by atoms with Crippen LogP contribution in [0.25, 0.3) is 0 Å². The van der Waals surface area contributed by atoms with Crippen molar-refractivity contribution in [3.05, 3.63) is 59.2 Å². The second-order valence-corrected chi connectivity index (χ2v) is 9.96. The zero-order valence-corrected chi connectivity index (χ0v) is 16.8. The van der Waals surface area contributed by atoms with E-state index < -0.39 is 45.5 Å². The van der Waals surface area contributed by atoms with E-state index in [1.54, 1.807) is 0 Å². The summed E-state index contributed by atoms with van der Waals surface area (Å²) in [4.78, 5) is -0.334. The Morgan fingerprint density at radius 1 is 1.00 bits per heavy atom. The van der Waals surface area contributed by atoms with Gasteiger partial charge < -0.3 is 0 Å². The van der Waals surface area contributed by atoms with E-state index in [0.717, 1.165) is 41.4 Å². The summed E-state index contributed by atoms with van der Waals surface area (Å²) in [6, 6.07) is 4.12. The Labute approximate surface area is 175 Å². The SMILES string of the molecule is O=S(=O)(c1ccc(C(F)(F)F)cc1)N1c2cc(F)c(F)cc2C2NNCC2[C@H]1C1CC1. The van der Waals surface area contributed by atoms with Gasteiger partial charge in [0.2, 0.25) is 0 Å². The fourth-order valence-electron chi connectivity index (χ4n) is 4.66. The summed E-state index contributed by atoms with van der Waals surface area (Å²) in [5, 5.41) is 0. The highest BCUT2D eigenvalue weighted by Gasteiger charge is 2.53. The van der Waals surface area contributed by atoms with Gasteiger partial charge in [-0.05, 0) is 54.7 Å². The Bertz CT molecular complexity index is 1130. The second kappa shape index (κ2) is 6.88. The smallest absolute Gasteiger partial charge is 0.262 e. The first-order valence-electron chi connectivity index (χ1n) is 9.78. The zero-order chi connectivity index (χ0) is 22.1. The molecule has 2 N–H and O–H groups in total. The van der Waals surface area contributed by atoms with Crippen molar-refractivity contribution in [2.45, 2.75) is 36.0 Å². The second-order valence-electron chi connectivity index (χ2n) is 8.14. The number of halogens is 5. The molecule has 0 spiro atoms. The van der Waals surface area contributed by atoms with Crippen LogP contribution in [0.3, 0.4) is 0 Å². The first kappa shape index (κ1) is 20.7. The minimum Gasteiger partial charge on any atom is -0.262 e. The van der Waals surface area contributed by atoms with E-state index in [-0.39, 0.29) is 22.4 Å². The van der Waals surface area contributed by atoms with Crippen LogP contribution in [-0.4, -0.2) is 21.0 Å². The van der Waals surface area contributed by atoms with Crippen molar-refractivity contribution < 1.29 is 30.4 Å². The summed E-state index contributed by atoms with van der Waals surface area (Å²) in [5.74, 6) is -2.50. The minimum absolute atomic E-state index is 0.00754. The van der Waals surface area contributed by atoms with Gasteiger partial charge in [-0.2, -0.15) is 13.2 Å². The van der Waals surface area contributed by atoms with Gasteiger partial charge in [0.15, 0.2) is 11.6 Å². The van der Waals surface area contributed by atoms with Gasteiger partial charge in [0.25, 0.3) is 10.0 Å². The summed E-state index contributed by atoms with van der Waals surface area (Å²) in [6.07, 6.45) is -3.04. The van der Waals surface area contributed by atoms with Crippen molar-refractivity contribution in [2.24, 2.45) is 11.8 Å². The van der Waals surface area contributed by atoms with Crippen LogP contribution >= 0.6 is 0 Å². The number of hydrogen-bond donors (Lipinski definition) is 2. The molecule has 1 saturated heterocycles. The van der Waals surface area contributed by atoms with Gasteiger partial charge in [-0.1, -0.05) is 0 Å². The molecule has 2 aliphatic heterocycles. The lowest BCUT2D eigenvalue weighted by molar-refractivity contribution is -0.137. The molecule has 5 rings (SSSR count). The molecule has 0 aromatic heterocycles. The van der Waals surface area contributed by atoms with Crippen LogP contribution in [0.4, 0.5) is 27.6 Å². The Hall–Kier alpha value is -2.24. The third-order valence-corrected chi connectivity index (χ3v) is 8.04. The van der Waals surface area contributed by atoms with Crippen LogP contribution in [0.5, 0.6) is 0 Å². The van der Waals surface area contributed by atoms with E-state index in [4.69, 9.17) is 0 Å². The maximum absolute atomic E-state index is 14.2. The first-order chi connectivity index (χ1) is 14.6. The van der Waals surface area contributed by atoms with Crippen LogP contribution < -0.4 is 15.2 Å². The third-order valence-electron chi connectivity index (χ3n) is 6.22. The lowest BCUT2D eigenvalue weighted by Gasteiger charge is -2.44. The largest absolute Gasteiger partial charge is 0.416 e. The monoisotopic (exact) mass is 459 g/mol. The summed E-state index contributed by atoms with van der Waals surface area (Å²) >= 11 is 0. The van der Waals surface area contributed by atoms with Crippen molar-refractivity contribution in [3.8, 4) is 0 Å². The fraction of sp³-hybridized carbons (Fsp3) is 0.400. The highest BCUT2D eigenvalue weighted by Crippen LogP contribution is 2.52. The number of rotatable bonds is 3. The molecule has 0 radical (unpaired) electrons. The normalized spacial score (nSPS) is 26.0. The molecular formula is C20H18F5N3O2S. The Balaban J connectivity index is 1.67. The van der Waals surface area contributed by atoms with Gasteiger partial charge in [0.05, 0.1) is 28.2 Å². The van der Waals surface area contributed by atoms with Crippen LogP contribution in [0.2, 0.25) is 0 Å². The van der Waals surface area contributed by atoms with Gasteiger partial charge in [-0.3, -0.25) is 9.73 Å². The van der Waals surface area contributed by atoms with Gasteiger partial charge in [0.1, 0.15) is 0 Å². The first-order valence-corrected chi connectivity index (χ1v) is 11.2. The summed E-state index contributed by atoms with van der Waals surface area (Å²) in [7, 11) is -4.34. The molecule has 2 unspecified atom stereocenters. The molecule has 11 heteroatoms. The molecule has 166 valence electrons. The zero-order valence-electron chi connectivity index (χ0n) is 16.0. The van der Waals surface area contributed by atoms with Crippen LogP contribution in [0, 0.1) is 23.5 Å². The van der Waals surface area contributed by atoms with Crippen LogP contribution in [-0.2, 0) is 16.2 Å². The summed E-state index contributed by atoms with van der Waals surface area (Å²) in [6.45, 7) is 0.420. The molecule has 2 aromatic rings. The lowest BCUT2D eigenvalue weighted by atomic mass is 9.81. The Morgan fingerprint density at radius 3 is 2.26 bits per heavy atom. The van der Waals surface area contributed by atoms with Crippen molar-refractivity contribution in [3.63, 3.8) is 0 Å². The minimum atomic E-state index is -4.61. The maximum atomic E-state index is 14.2. The molecule has 3 atom stereocenters. The van der Waals surface area contributed by atoms with Gasteiger partial charge >= 0.3 is 6.18 Å². The molecule has 3 aliphatic rings. The van der Waals surface area contributed by atoms with Gasteiger partial charge in [-0.25, -0.2) is 22.6 Å². The number of nitrogens with one attached hydrogen (secondary N) is 2. The molecule has 2 heterocycles. The molecular weight excluding hydrogens is 441 g/mol. The standard InChI is InChI=1S/C20H18F5N3O2S/c21-15-7-13-17(8-16(15)22)28(19(10-1-2-10)14-9-26-27-18(13)14)31(29,30)12-5-3-11(4-6-12)20(23,24)25/h3-8,10,14,18-19,26-27H,1-2,9H2/t14?,18?,19-/m1/s1. The van der Waals surface area contributed by atoms with Crippen LogP contribution in [0.15, 0.2) is 41.3 Å². The van der Waals surface area contributed by atoms with Gasteiger partial charge in [-0.15, -0.1) is 0 Å². The van der Waals surface area contributed by atoms with Crippen molar-refractivity contribution in [2.75, 3.05) is 10.8 Å². The maximum Gasteiger partial charge on any atom is 0.416 e. The lowest BCUT2D eigenvalue weighted by Crippen LogP contribution is -2.52. The van der Waals surface area contributed by atoms with Crippen LogP contribution in [0.1, 0.15) is 30.0 Å². The summed E-state index contributed by atoms with van der Waals surface area (Å²) < 4.78 is 95.3. The number of hydrogen-bond acceptors (Lipinski definition) is 4. The van der Waals surface area contributed by atoms with E-state index in [9.17, 15) is 30.4 Å². The fourth-order valence-corrected chi connectivity index (χ4v) is 6.44. The number of anilines is 1. The molecule has 5 nitrogen and oxygen atoms in total. The number of hydrazine groups is 1. The van der Waals surface area contributed by atoms with E-state index in [1.165, 1.54) is 0 Å². The predicted octanol–water partition coefficient (Wildman–Crippen LogP) is 3.74. The highest BCUT2D eigenvalue weighted by atomic mass is 32.2. The topological polar surface area (TPSA) is 61.4 Å². The average Bonchev–Trinajstić information content (AvgIpc) is 3.43. The average molecular weight is 459 g/mol. The Kier molecular flexibility index (Phi) is 4.58. The Morgan fingerprint density at radius 2 is 1.65 bits per heavy atom. The number of sulfonamides is 1.